The van der Waals surface area contributed by atoms with Crippen molar-refractivity contribution in [1.29, 1.82) is 0 Å². The van der Waals surface area contributed by atoms with E-state index >= 15 is 0 Å². The molecule has 31 heavy (non-hydrogen) atoms. The van der Waals surface area contributed by atoms with Crippen LogP contribution in [-0.2, 0) is 11.9 Å². The van der Waals surface area contributed by atoms with E-state index in [0.29, 0.717) is 0 Å². The SMILES string of the molecule is Cc1cc(C(F)(F)Cl)n2nc(C(=O)Nc3ncn(Cc4c(F)cccc4Cl)n3)cc2n1. The van der Waals surface area contributed by atoms with Crippen LogP contribution in [-0.4, -0.2) is 35.3 Å². The normalized spacial score (nSPS) is 11.8. The van der Waals surface area contributed by atoms with Gasteiger partial charge in [0.25, 0.3) is 5.91 Å². The number of carbonyl (C=O) groups is 1. The molecule has 1 amide bonds. The molecule has 3 heterocycles. The molecule has 0 aliphatic heterocycles. The van der Waals surface area contributed by atoms with Crippen LogP contribution in [0.1, 0.15) is 27.4 Å². The number of aryl methyl sites for hydroxylation is 1. The maximum Gasteiger partial charge on any atom is 0.364 e. The predicted octanol–water partition coefficient (Wildman–Crippen LogP) is 4.01. The van der Waals surface area contributed by atoms with Crippen molar-refractivity contribution in [2.75, 3.05) is 5.32 Å². The van der Waals surface area contributed by atoms with Crippen molar-refractivity contribution in [2.24, 2.45) is 0 Å². The molecule has 0 radical (unpaired) electrons. The number of hydrogen-bond acceptors (Lipinski definition) is 5. The van der Waals surface area contributed by atoms with Crippen molar-refractivity contribution in [3.63, 3.8) is 0 Å². The summed E-state index contributed by atoms with van der Waals surface area (Å²) in [4.78, 5) is 20.5. The fourth-order valence-electron chi connectivity index (χ4n) is 2.85. The summed E-state index contributed by atoms with van der Waals surface area (Å²) >= 11 is 11.1. The molecule has 3 aromatic heterocycles. The number of amides is 1. The third kappa shape index (κ3) is 4.32. The first kappa shape index (κ1) is 21.1. The number of benzene rings is 1. The van der Waals surface area contributed by atoms with Crippen molar-refractivity contribution >= 4 is 40.7 Å². The Balaban J connectivity index is 1.56. The Morgan fingerprint density at radius 3 is 2.74 bits per heavy atom. The molecule has 8 nitrogen and oxygen atoms in total. The zero-order valence-electron chi connectivity index (χ0n) is 15.7. The number of carbonyl (C=O) groups excluding carboxylic acids is 1. The molecule has 4 aromatic rings. The quantitative estimate of drug-likeness (QED) is 0.446. The van der Waals surface area contributed by atoms with Crippen LogP contribution in [0.15, 0.2) is 36.7 Å². The van der Waals surface area contributed by atoms with Gasteiger partial charge in [0.05, 0.1) is 6.54 Å². The van der Waals surface area contributed by atoms with Gasteiger partial charge in [-0.15, -0.1) is 5.10 Å². The van der Waals surface area contributed by atoms with Gasteiger partial charge in [0.15, 0.2) is 11.3 Å². The zero-order valence-corrected chi connectivity index (χ0v) is 17.2. The minimum Gasteiger partial charge on any atom is -0.288 e. The third-order valence-electron chi connectivity index (χ3n) is 4.22. The summed E-state index contributed by atoms with van der Waals surface area (Å²) in [5.41, 5.74) is -0.313. The maximum absolute atomic E-state index is 13.9. The van der Waals surface area contributed by atoms with E-state index in [9.17, 15) is 18.0 Å². The second kappa shape index (κ2) is 7.82. The van der Waals surface area contributed by atoms with E-state index in [1.807, 2.05) is 0 Å². The van der Waals surface area contributed by atoms with Crippen LogP contribution in [0.3, 0.4) is 0 Å². The van der Waals surface area contributed by atoms with Crippen molar-refractivity contribution in [3.05, 3.63) is 70.1 Å². The predicted molar refractivity (Wildman–Crippen MR) is 106 cm³/mol. The van der Waals surface area contributed by atoms with E-state index in [1.165, 1.54) is 42.2 Å². The highest BCUT2D eigenvalue weighted by Gasteiger charge is 2.32. The summed E-state index contributed by atoms with van der Waals surface area (Å²) in [5.74, 6) is -1.36. The van der Waals surface area contributed by atoms with Gasteiger partial charge in [0.2, 0.25) is 5.95 Å². The number of anilines is 1. The van der Waals surface area contributed by atoms with Gasteiger partial charge < -0.3 is 0 Å². The lowest BCUT2D eigenvalue weighted by atomic mass is 10.2. The van der Waals surface area contributed by atoms with Crippen LogP contribution < -0.4 is 5.32 Å². The smallest absolute Gasteiger partial charge is 0.288 e. The minimum atomic E-state index is -3.71. The van der Waals surface area contributed by atoms with Gasteiger partial charge in [-0.3, -0.25) is 10.1 Å². The molecule has 0 aliphatic rings. The Morgan fingerprint density at radius 2 is 2.03 bits per heavy atom. The summed E-state index contributed by atoms with van der Waals surface area (Å²) in [6, 6.07) is 6.58. The average molecular weight is 470 g/mol. The highest BCUT2D eigenvalue weighted by molar-refractivity contribution is 6.31. The molecule has 160 valence electrons. The second-order valence-corrected chi connectivity index (χ2v) is 7.38. The molecular formula is C18H12Cl2F3N7O. The molecule has 1 N–H and O–H groups in total. The number of fused-ring (bicyclic) bond motifs is 1. The van der Waals surface area contributed by atoms with Gasteiger partial charge >= 0.3 is 5.38 Å². The fourth-order valence-corrected chi connectivity index (χ4v) is 3.21. The molecule has 1 aromatic carbocycles. The Morgan fingerprint density at radius 1 is 1.26 bits per heavy atom. The molecule has 0 unspecified atom stereocenters. The fraction of sp³-hybridized carbons (Fsp3) is 0.167. The lowest BCUT2D eigenvalue weighted by Gasteiger charge is -2.10. The number of hydrogen-bond donors (Lipinski definition) is 1. The summed E-state index contributed by atoms with van der Waals surface area (Å²) in [6.45, 7) is 1.50. The van der Waals surface area contributed by atoms with Gasteiger partial charge in [0.1, 0.15) is 17.8 Å². The topological polar surface area (TPSA) is 90.0 Å². The molecule has 0 aliphatic carbocycles. The van der Waals surface area contributed by atoms with E-state index in [0.717, 1.165) is 10.6 Å². The molecular weight excluding hydrogens is 458 g/mol. The Bertz CT molecular complexity index is 1280. The van der Waals surface area contributed by atoms with Gasteiger partial charge in [-0.1, -0.05) is 17.7 Å². The van der Waals surface area contributed by atoms with Crippen molar-refractivity contribution < 1.29 is 18.0 Å². The largest absolute Gasteiger partial charge is 0.364 e. The number of nitrogens with zero attached hydrogens (tertiary/aromatic N) is 6. The Labute approximate surface area is 182 Å². The standard InChI is InChI=1S/C18H12Cl2F3N7O/c1-9-5-14(18(20,22)23)30-15(25-9)6-13(27-30)16(31)26-17-24-8-29(28-17)7-10-11(19)3-2-4-12(10)21/h2-6,8H,7H2,1H3,(H,26,28,31). The number of nitrogens with one attached hydrogen (secondary N) is 1. The second-order valence-electron chi connectivity index (χ2n) is 6.50. The highest BCUT2D eigenvalue weighted by atomic mass is 35.5. The summed E-state index contributed by atoms with van der Waals surface area (Å²) in [6.07, 6.45) is 1.28. The van der Waals surface area contributed by atoms with Crippen molar-refractivity contribution in [1.82, 2.24) is 29.4 Å². The van der Waals surface area contributed by atoms with Crippen LogP contribution in [0.4, 0.5) is 19.1 Å². The molecule has 13 heteroatoms. The molecule has 0 saturated heterocycles. The monoisotopic (exact) mass is 469 g/mol. The molecule has 0 atom stereocenters. The average Bonchev–Trinajstić information content (AvgIpc) is 3.30. The molecule has 0 spiro atoms. The third-order valence-corrected chi connectivity index (χ3v) is 4.77. The lowest BCUT2D eigenvalue weighted by Crippen LogP contribution is -2.16. The molecule has 0 fully saturated rings. The molecule has 4 rings (SSSR count). The number of rotatable bonds is 5. The first-order valence-corrected chi connectivity index (χ1v) is 9.46. The lowest BCUT2D eigenvalue weighted by molar-refractivity contribution is 0.0868. The number of aromatic nitrogens is 6. The first-order valence-electron chi connectivity index (χ1n) is 8.70. The minimum absolute atomic E-state index is 0.0138. The van der Waals surface area contributed by atoms with E-state index in [-0.39, 0.29) is 40.1 Å². The zero-order chi connectivity index (χ0) is 22.3. The van der Waals surface area contributed by atoms with Gasteiger partial charge in [-0.25, -0.2) is 23.6 Å². The van der Waals surface area contributed by atoms with Crippen LogP contribution in [0.5, 0.6) is 0 Å². The highest BCUT2D eigenvalue weighted by Crippen LogP contribution is 2.32. The van der Waals surface area contributed by atoms with Crippen LogP contribution >= 0.6 is 23.2 Å². The number of alkyl halides is 3. The van der Waals surface area contributed by atoms with E-state index in [4.69, 9.17) is 23.2 Å². The van der Waals surface area contributed by atoms with E-state index < -0.39 is 22.8 Å². The maximum atomic E-state index is 13.9. The van der Waals surface area contributed by atoms with E-state index in [1.54, 1.807) is 0 Å². The van der Waals surface area contributed by atoms with Crippen LogP contribution in [0.2, 0.25) is 5.02 Å². The van der Waals surface area contributed by atoms with E-state index in [2.05, 4.69) is 25.5 Å². The van der Waals surface area contributed by atoms with Crippen LogP contribution in [0, 0.1) is 12.7 Å². The molecule has 0 saturated carbocycles. The first-order chi connectivity index (χ1) is 14.6. The summed E-state index contributed by atoms with van der Waals surface area (Å²) < 4.78 is 43.4. The summed E-state index contributed by atoms with van der Waals surface area (Å²) in [5, 5.41) is 6.81. The number of halogens is 5. The summed E-state index contributed by atoms with van der Waals surface area (Å²) in [7, 11) is 0. The Kier molecular flexibility index (Phi) is 5.31. The van der Waals surface area contributed by atoms with Crippen LogP contribution in [0.25, 0.3) is 5.65 Å². The van der Waals surface area contributed by atoms with Gasteiger partial charge in [0, 0.05) is 22.3 Å². The van der Waals surface area contributed by atoms with Crippen molar-refractivity contribution in [3.8, 4) is 0 Å². The van der Waals surface area contributed by atoms with Crippen molar-refractivity contribution in [2.45, 2.75) is 18.9 Å². The van der Waals surface area contributed by atoms with Gasteiger partial charge in [-0.05, 0) is 36.7 Å². The van der Waals surface area contributed by atoms with Gasteiger partial charge in [-0.2, -0.15) is 13.9 Å². The Hall–Kier alpha value is -3.18. The molecule has 0 bridgehead atoms.